The van der Waals surface area contributed by atoms with Gasteiger partial charge in [0.15, 0.2) is 0 Å². The zero-order valence-corrected chi connectivity index (χ0v) is 16.0. The Kier molecular flexibility index (Phi) is 5.89. The first-order chi connectivity index (χ1) is 13.4. The third kappa shape index (κ3) is 4.65. The number of rotatable bonds is 6. The summed E-state index contributed by atoms with van der Waals surface area (Å²) in [4.78, 5) is 40.5. The quantitative estimate of drug-likeness (QED) is 0.692. The number of aromatic amines is 1. The number of hydrogen-bond acceptors (Lipinski definition) is 3. The lowest BCUT2D eigenvalue weighted by Crippen LogP contribution is -2.26. The molecule has 0 saturated heterocycles. The molecule has 3 rings (SSSR count). The molecule has 0 atom stereocenters. The molecule has 0 aliphatic heterocycles. The summed E-state index contributed by atoms with van der Waals surface area (Å²) in [5.74, 6) is -0.175. The largest absolute Gasteiger partial charge is 0.352 e. The Morgan fingerprint density at radius 2 is 1.75 bits per heavy atom. The summed E-state index contributed by atoms with van der Waals surface area (Å²) < 4.78 is 0. The van der Waals surface area contributed by atoms with E-state index in [0.717, 1.165) is 16.5 Å². The number of H-pyrrole nitrogens is 1. The van der Waals surface area contributed by atoms with E-state index in [2.05, 4.69) is 10.3 Å². The molecule has 0 bridgehead atoms. The van der Waals surface area contributed by atoms with Gasteiger partial charge in [0.05, 0.1) is 0 Å². The lowest BCUT2D eigenvalue weighted by atomic mass is 10.1. The molecule has 3 aromatic rings. The molecule has 2 aromatic carbocycles. The van der Waals surface area contributed by atoms with E-state index in [1.165, 1.54) is 4.90 Å². The van der Waals surface area contributed by atoms with Crippen molar-refractivity contribution in [1.82, 2.24) is 15.2 Å². The lowest BCUT2D eigenvalue weighted by molar-refractivity contribution is -0.121. The summed E-state index contributed by atoms with van der Waals surface area (Å²) in [7, 11) is 3.42. The molecular formula is C22H23N3O3. The molecular weight excluding hydrogens is 354 g/mol. The fourth-order valence-corrected chi connectivity index (χ4v) is 2.94. The second kappa shape index (κ2) is 8.52. The molecule has 1 heterocycles. The summed E-state index contributed by atoms with van der Waals surface area (Å²) in [6.07, 6.45) is 0.878. The lowest BCUT2D eigenvalue weighted by Gasteiger charge is -2.10. The summed E-state index contributed by atoms with van der Waals surface area (Å²) >= 11 is 0. The Morgan fingerprint density at radius 1 is 1.04 bits per heavy atom. The maximum absolute atomic E-state index is 12.1. The first kappa shape index (κ1) is 19.4. The molecule has 2 N–H and O–H groups in total. The number of fused-ring (bicyclic) bond motifs is 1. The first-order valence-corrected chi connectivity index (χ1v) is 9.12. The predicted molar refractivity (Wildman–Crippen MR) is 109 cm³/mol. The zero-order valence-electron chi connectivity index (χ0n) is 16.0. The van der Waals surface area contributed by atoms with Crippen LogP contribution in [0, 0.1) is 0 Å². The van der Waals surface area contributed by atoms with Crippen LogP contribution in [0.4, 0.5) is 0 Å². The molecule has 0 saturated carbocycles. The smallest absolute Gasteiger partial charge is 0.253 e. The Labute approximate surface area is 163 Å². The molecule has 2 amide bonds. The number of pyridine rings is 1. The Bertz CT molecular complexity index is 1050. The van der Waals surface area contributed by atoms with Crippen molar-refractivity contribution >= 4 is 22.7 Å². The van der Waals surface area contributed by atoms with Gasteiger partial charge >= 0.3 is 0 Å². The number of carbonyl (C=O) groups is 2. The minimum absolute atomic E-state index is 0.0510. The van der Waals surface area contributed by atoms with Gasteiger partial charge in [-0.1, -0.05) is 30.3 Å². The molecule has 6 nitrogen and oxygen atoms in total. The van der Waals surface area contributed by atoms with Crippen LogP contribution in [0.3, 0.4) is 0 Å². The number of carbonyl (C=O) groups excluding carboxylic acids is 2. The van der Waals surface area contributed by atoms with Gasteiger partial charge in [-0.25, -0.2) is 0 Å². The van der Waals surface area contributed by atoms with Crippen molar-refractivity contribution in [2.24, 2.45) is 0 Å². The van der Waals surface area contributed by atoms with Gasteiger partial charge in [0.2, 0.25) is 5.91 Å². The topological polar surface area (TPSA) is 82.3 Å². The van der Waals surface area contributed by atoms with Gasteiger partial charge < -0.3 is 15.2 Å². The monoisotopic (exact) mass is 377 g/mol. The van der Waals surface area contributed by atoms with Gasteiger partial charge in [-0.3, -0.25) is 14.4 Å². The van der Waals surface area contributed by atoms with Crippen LogP contribution >= 0.6 is 0 Å². The predicted octanol–water partition coefficient (Wildman–Crippen LogP) is 2.48. The van der Waals surface area contributed by atoms with E-state index in [-0.39, 0.29) is 23.9 Å². The van der Waals surface area contributed by atoms with Gasteiger partial charge in [0.25, 0.3) is 11.5 Å². The van der Waals surface area contributed by atoms with Crippen molar-refractivity contribution in [3.05, 3.63) is 81.6 Å². The fraction of sp³-hybridized carbons (Fsp3) is 0.227. The van der Waals surface area contributed by atoms with Crippen LogP contribution in [0.25, 0.3) is 10.9 Å². The first-order valence-electron chi connectivity index (χ1n) is 9.12. The van der Waals surface area contributed by atoms with Crippen LogP contribution in [-0.4, -0.2) is 35.8 Å². The number of amides is 2. The van der Waals surface area contributed by atoms with E-state index < -0.39 is 0 Å². The molecule has 1 aromatic heterocycles. The molecule has 0 unspecified atom stereocenters. The molecule has 0 spiro atoms. The molecule has 6 heteroatoms. The summed E-state index contributed by atoms with van der Waals surface area (Å²) in [6.45, 7) is 0.190. The standard InChI is InChI=1S/C22H23N3O3/c1-25(2)22(28)16-10-7-15(8-11-16)9-12-20(26)23-14-18-13-17-5-3-4-6-19(17)24-21(18)27/h3-8,10-11,13H,9,12,14H2,1-2H3,(H,23,26)(H,24,27). The van der Waals surface area contributed by atoms with Gasteiger partial charge in [0, 0.05) is 43.7 Å². The van der Waals surface area contributed by atoms with Crippen LogP contribution in [-0.2, 0) is 17.8 Å². The second-order valence-corrected chi connectivity index (χ2v) is 6.88. The summed E-state index contributed by atoms with van der Waals surface area (Å²) in [5.41, 5.74) is 2.71. The highest BCUT2D eigenvalue weighted by Crippen LogP contribution is 2.11. The van der Waals surface area contributed by atoms with Gasteiger partial charge in [-0.05, 0) is 41.6 Å². The second-order valence-electron chi connectivity index (χ2n) is 6.88. The van der Waals surface area contributed by atoms with Crippen molar-refractivity contribution in [3.8, 4) is 0 Å². The molecule has 0 radical (unpaired) electrons. The molecule has 144 valence electrons. The third-order valence-electron chi connectivity index (χ3n) is 4.55. The van der Waals surface area contributed by atoms with Crippen LogP contribution in [0.2, 0.25) is 0 Å². The molecule has 0 aliphatic carbocycles. The maximum Gasteiger partial charge on any atom is 0.253 e. The zero-order chi connectivity index (χ0) is 20.1. The number of hydrogen-bond donors (Lipinski definition) is 2. The number of nitrogens with zero attached hydrogens (tertiary/aromatic N) is 1. The van der Waals surface area contributed by atoms with Crippen LogP contribution < -0.4 is 10.9 Å². The highest BCUT2D eigenvalue weighted by Gasteiger charge is 2.09. The van der Waals surface area contributed by atoms with E-state index in [1.54, 1.807) is 32.3 Å². The third-order valence-corrected chi connectivity index (χ3v) is 4.55. The van der Waals surface area contributed by atoms with Crippen molar-refractivity contribution in [3.63, 3.8) is 0 Å². The van der Waals surface area contributed by atoms with E-state index in [9.17, 15) is 14.4 Å². The number of nitrogens with one attached hydrogen (secondary N) is 2. The highest BCUT2D eigenvalue weighted by atomic mass is 16.2. The highest BCUT2D eigenvalue weighted by molar-refractivity contribution is 5.93. The van der Waals surface area contributed by atoms with E-state index >= 15 is 0 Å². The molecule has 28 heavy (non-hydrogen) atoms. The number of para-hydroxylation sites is 1. The van der Waals surface area contributed by atoms with Gasteiger partial charge in [-0.15, -0.1) is 0 Å². The number of benzene rings is 2. The van der Waals surface area contributed by atoms with Crippen LogP contribution in [0.5, 0.6) is 0 Å². The fourth-order valence-electron chi connectivity index (χ4n) is 2.94. The van der Waals surface area contributed by atoms with Crippen LogP contribution in [0.15, 0.2) is 59.4 Å². The van der Waals surface area contributed by atoms with Gasteiger partial charge in [-0.2, -0.15) is 0 Å². The average molecular weight is 377 g/mol. The maximum atomic E-state index is 12.1. The van der Waals surface area contributed by atoms with Crippen LogP contribution in [0.1, 0.15) is 27.9 Å². The Hall–Kier alpha value is -3.41. The Morgan fingerprint density at radius 3 is 2.46 bits per heavy atom. The van der Waals surface area contributed by atoms with Crippen molar-refractivity contribution in [1.29, 1.82) is 0 Å². The number of aromatic nitrogens is 1. The van der Waals surface area contributed by atoms with Crippen molar-refractivity contribution in [2.45, 2.75) is 19.4 Å². The number of aryl methyl sites for hydroxylation is 1. The molecule has 0 aliphatic rings. The normalized spacial score (nSPS) is 10.6. The van der Waals surface area contributed by atoms with Crippen molar-refractivity contribution < 1.29 is 9.59 Å². The van der Waals surface area contributed by atoms with Gasteiger partial charge in [0.1, 0.15) is 0 Å². The minimum Gasteiger partial charge on any atom is -0.352 e. The SMILES string of the molecule is CN(C)C(=O)c1ccc(CCC(=O)NCc2cc3ccccc3[nH]c2=O)cc1. The summed E-state index contributed by atoms with van der Waals surface area (Å²) in [5, 5.41) is 3.73. The Balaban J connectivity index is 1.54. The van der Waals surface area contributed by atoms with E-state index in [0.29, 0.717) is 24.0 Å². The molecule has 0 fully saturated rings. The minimum atomic E-state index is -0.194. The van der Waals surface area contributed by atoms with E-state index in [1.807, 2.05) is 36.4 Å². The van der Waals surface area contributed by atoms with E-state index in [4.69, 9.17) is 0 Å². The van der Waals surface area contributed by atoms with Crippen molar-refractivity contribution in [2.75, 3.05) is 14.1 Å². The summed E-state index contributed by atoms with van der Waals surface area (Å²) in [6, 6.07) is 16.6. The average Bonchev–Trinajstić information content (AvgIpc) is 2.70.